The van der Waals surface area contributed by atoms with E-state index in [-0.39, 0.29) is 29.6 Å². The van der Waals surface area contributed by atoms with Crippen molar-refractivity contribution in [1.82, 2.24) is 0 Å². The van der Waals surface area contributed by atoms with Gasteiger partial charge in [-0.2, -0.15) is 0 Å². The van der Waals surface area contributed by atoms with E-state index in [4.69, 9.17) is 0 Å². The van der Waals surface area contributed by atoms with Crippen LogP contribution in [-0.4, -0.2) is 23.1 Å². The van der Waals surface area contributed by atoms with Crippen molar-refractivity contribution in [2.45, 2.75) is 44.9 Å². The molecule has 0 aromatic heterocycles. The fourth-order valence-corrected chi connectivity index (χ4v) is 2.69. The van der Waals surface area contributed by atoms with Gasteiger partial charge in [-0.05, 0) is 19.3 Å². The molecule has 2 aliphatic rings. The van der Waals surface area contributed by atoms with Gasteiger partial charge in [-0.3, -0.25) is 19.2 Å². The van der Waals surface area contributed by atoms with Crippen molar-refractivity contribution in [2.24, 2.45) is 11.8 Å². The molecule has 2 aliphatic carbocycles. The van der Waals surface area contributed by atoms with E-state index >= 15 is 0 Å². The number of ketones is 4. The highest BCUT2D eigenvalue weighted by Crippen LogP contribution is 2.28. The van der Waals surface area contributed by atoms with Gasteiger partial charge in [-0.1, -0.05) is 0 Å². The number of Topliss-reactive ketones (excluding diaryl/α,β-unsaturated/α-hetero) is 4. The van der Waals surface area contributed by atoms with Gasteiger partial charge in [-0.25, -0.2) is 0 Å². The summed E-state index contributed by atoms with van der Waals surface area (Å²) in [5.74, 6) is -1.75. The minimum Gasteiger partial charge on any atom is -0.299 e. The van der Waals surface area contributed by atoms with E-state index in [1.165, 1.54) is 0 Å². The van der Waals surface area contributed by atoms with E-state index in [1.807, 2.05) is 0 Å². The third-order valence-corrected chi connectivity index (χ3v) is 3.72. The van der Waals surface area contributed by atoms with Crippen LogP contribution in [0.4, 0.5) is 0 Å². The van der Waals surface area contributed by atoms with Crippen LogP contribution in [0.3, 0.4) is 0 Å². The SMILES string of the molecule is O=C1CCCC(=O)C1CC1C(=O)CCCC1=O. The highest BCUT2D eigenvalue weighted by atomic mass is 16.2. The quantitative estimate of drug-likeness (QED) is 0.677. The first kappa shape index (κ1) is 12.1. The maximum Gasteiger partial charge on any atom is 0.143 e. The molecule has 4 heteroatoms. The van der Waals surface area contributed by atoms with Crippen molar-refractivity contribution < 1.29 is 19.2 Å². The predicted octanol–water partition coefficient (Wildman–Crippen LogP) is 1.25. The van der Waals surface area contributed by atoms with E-state index in [0.29, 0.717) is 38.5 Å². The van der Waals surface area contributed by atoms with Gasteiger partial charge in [0, 0.05) is 25.7 Å². The number of hydrogen-bond acceptors (Lipinski definition) is 4. The minimum absolute atomic E-state index is 0.0903. The Morgan fingerprint density at radius 1 is 0.647 bits per heavy atom. The van der Waals surface area contributed by atoms with Gasteiger partial charge in [0.15, 0.2) is 0 Å². The lowest BCUT2D eigenvalue weighted by Gasteiger charge is -2.25. The highest BCUT2D eigenvalue weighted by Gasteiger charge is 2.38. The predicted molar refractivity (Wildman–Crippen MR) is 59.3 cm³/mol. The Balaban J connectivity index is 2.08. The molecule has 0 unspecified atom stereocenters. The van der Waals surface area contributed by atoms with Crippen LogP contribution in [0.15, 0.2) is 0 Å². The summed E-state index contributed by atoms with van der Waals surface area (Å²) in [7, 11) is 0. The lowest BCUT2D eigenvalue weighted by molar-refractivity contribution is -0.139. The highest BCUT2D eigenvalue weighted by molar-refractivity contribution is 6.08. The summed E-state index contributed by atoms with van der Waals surface area (Å²) in [6, 6.07) is 0. The Labute approximate surface area is 99.8 Å². The van der Waals surface area contributed by atoms with Crippen LogP contribution in [0.2, 0.25) is 0 Å². The van der Waals surface area contributed by atoms with E-state index in [2.05, 4.69) is 0 Å². The van der Waals surface area contributed by atoms with Crippen LogP contribution in [0.1, 0.15) is 44.9 Å². The Morgan fingerprint density at radius 3 is 1.24 bits per heavy atom. The molecule has 0 aromatic rings. The van der Waals surface area contributed by atoms with E-state index in [0.717, 1.165) is 0 Å². The Bertz CT molecular complexity index is 315. The molecule has 2 fully saturated rings. The molecule has 0 saturated heterocycles. The van der Waals surface area contributed by atoms with E-state index < -0.39 is 11.8 Å². The Hall–Kier alpha value is -1.32. The average molecular weight is 236 g/mol. The molecule has 0 aliphatic heterocycles. The van der Waals surface area contributed by atoms with Gasteiger partial charge in [0.2, 0.25) is 0 Å². The zero-order valence-corrected chi connectivity index (χ0v) is 9.74. The largest absolute Gasteiger partial charge is 0.299 e. The normalized spacial score (nSPS) is 24.5. The second-order valence-electron chi connectivity index (χ2n) is 4.91. The van der Waals surface area contributed by atoms with Crippen molar-refractivity contribution in [3.8, 4) is 0 Å². The first-order chi connectivity index (χ1) is 8.09. The number of carbonyl (C=O) groups is 4. The molecule has 0 aromatic carbocycles. The summed E-state index contributed by atoms with van der Waals surface area (Å²) in [4.78, 5) is 46.6. The molecule has 0 amide bonds. The van der Waals surface area contributed by atoms with Gasteiger partial charge in [-0.15, -0.1) is 0 Å². The van der Waals surface area contributed by atoms with Crippen LogP contribution in [0, 0.1) is 11.8 Å². The molecular formula is C13H16O4. The second-order valence-corrected chi connectivity index (χ2v) is 4.91. The maximum absolute atomic E-state index is 11.6. The molecule has 4 nitrogen and oxygen atoms in total. The van der Waals surface area contributed by atoms with Crippen LogP contribution in [0.25, 0.3) is 0 Å². The molecule has 17 heavy (non-hydrogen) atoms. The fourth-order valence-electron chi connectivity index (χ4n) is 2.69. The number of carbonyl (C=O) groups excluding carboxylic acids is 4. The van der Waals surface area contributed by atoms with Gasteiger partial charge >= 0.3 is 0 Å². The molecule has 92 valence electrons. The maximum atomic E-state index is 11.6. The zero-order chi connectivity index (χ0) is 12.4. The summed E-state index contributed by atoms with van der Waals surface area (Å²) < 4.78 is 0. The zero-order valence-electron chi connectivity index (χ0n) is 9.74. The van der Waals surface area contributed by atoms with Crippen molar-refractivity contribution in [1.29, 1.82) is 0 Å². The topological polar surface area (TPSA) is 68.3 Å². The summed E-state index contributed by atoms with van der Waals surface area (Å²) in [5, 5.41) is 0. The lowest BCUT2D eigenvalue weighted by atomic mass is 9.75. The van der Waals surface area contributed by atoms with Crippen LogP contribution in [-0.2, 0) is 19.2 Å². The monoisotopic (exact) mass is 236 g/mol. The number of hydrogen-bond donors (Lipinski definition) is 0. The molecular weight excluding hydrogens is 220 g/mol. The fraction of sp³-hybridized carbons (Fsp3) is 0.692. The van der Waals surface area contributed by atoms with Gasteiger partial charge in [0.1, 0.15) is 23.1 Å². The Kier molecular flexibility index (Phi) is 3.50. The van der Waals surface area contributed by atoms with E-state index in [1.54, 1.807) is 0 Å². The van der Waals surface area contributed by atoms with E-state index in [9.17, 15) is 19.2 Å². The third kappa shape index (κ3) is 2.51. The molecule has 0 atom stereocenters. The van der Waals surface area contributed by atoms with Crippen LogP contribution in [0.5, 0.6) is 0 Å². The van der Waals surface area contributed by atoms with Crippen molar-refractivity contribution in [2.75, 3.05) is 0 Å². The minimum atomic E-state index is -0.695. The average Bonchev–Trinajstić information content (AvgIpc) is 2.27. The Morgan fingerprint density at radius 2 is 0.941 bits per heavy atom. The summed E-state index contributed by atoms with van der Waals surface area (Å²) >= 11 is 0. The van der Waals surface area contributed by atoms with Gasteiger partial charge < -0.3 is 0 Å². The van der Waals surface area contributed by atoms with Crippen LogP contribution < -0.4 is 0 Å². The van der Waals surface area contributed by atoms with Crippen LogP contribution >= 0.6 is 0 Å². The second kappa shape index (κ2) is 4.90. The molecule has 0 bridgehead atoms. The summed E-state index contributed by atoms with van der Waals surface area (Å²) in [6.45, 7) is 0. The number of rotatable bonds is 2. The first-order valence-electron chi connectivity index (χ1n) is 6.20. The molecule has 0 N–H and O–H groups in total. The molecule has 2 rings (SSSR count). The third-order valence-electron chi connectivity index (χ3n) is 3.72. The lowest BCUT2D eigenvalue weighted by Crippen LogP contribution is -2.36. The van der Waals surface area contributed by atoms with Crippen molar-refractivity contribution in [3.63, 3.8) is 0 Å². The summed E-state index contributed by atoms with van der Waals surface area (Å²) in [6.07, 6.45) is 2.99. The van der Waals surface area contributed by atoms with Crippen molar-refractivity contribution in [3.05, 3.63) is 0 Å². The summed E-state index contributed by atoms with van der Waals surface area (Å²) in [5.41, 5.74) is 0. The van der Waals surface area contributed by atoms with Gasteiger partial charge in [0.25, 0.3) is 0 Å². The molecule has 0 heterocycles. The van der Waals surface area contributed by atoms with Crippen molar-refractivity contribution >= 4 is 23.1 Å². The smallest absolute Gasteiger partial charge is 0.143 e. The standard InChI is InChI=1S/C13H16O4/c14-10-3-1-4-11(15)8(10)7-9-12(16)5-2-6-13(9)17/h8-9H,1-7H2. The first-order valence-corrected chi connectivity index (χ1v) is 6.20. The molecule has 2 saturated carbocycles. The molecule has 0 spiro atoms. The molecule has 0 radical (unpaired) electrons. The van der Waals surface area contributed by atoms with Gasteiger partial charge in [0.05, 0.1) is 11.8 Å².